The third-order valence-electron chi connectivity index (χ3n) is 2.73. The standard InChI is InChI=1S/C9H14FN5O/c1-9(10)4-15(3-2-6(9)16)8-13-5-12-7(11)14-8/h5-6,16H,2-4H2,1H3,(H2,11,12,13,14). The Hall–Kier alpha value is -1.50. The molecule has 0 bridgehead atoms. The van der Waals surface area contributed by atoms with Gasteiger partial charge in [-0.15, -0.1) is 0 Å². The van der Waals surface area contributed by atoms with Gasteiger partial charge in [0.15, 0.2) is 5.67 Å². The number of alkyl halides is 1. The summed E-state index contributed by atoms with van der Waals surface area (Å²) in [5.41, 5.74) is 3.78. The molecule has 2 heterocycles. The number of rotatable bonds is 1. The van der Waals surface area contributed by atoms with Crippen molar-refractivity contribution in [3.63, 3.8) is 0 Å². The fraction of sp³-hybridized carbons (Fsp3) is 0.667. The zero-order valence-corrected chi connectivity index (χ0v) is 8.97. The van der Waals surface area contributed by atoms with Gasteiger partial charge in [0, 0.05) is 6.54 Å². The van der Waals surface area contributed by atoms with Crippen LogP contribution < -0.4 is 10.6 Å². The van der Waals surface area contributed by atoms with Crippen LogP contribution >= 0.6 is 0 Å². The number of hydrogen-bond donors (Lipinski definition) is 2. The Bertz CT molecular complexity index is 386. The molecule has 0 amide bonds. The number of nitrogens with two attached hydrogens (primary N) is 1. The maximum Gasteiger partial charge on any atom is 0.230 e. The second kappa shape index (κ2) is 3.82. The van der Waals surface area contributed by atoms with Crippen molar-refractivity contribution in [2.75, 3.05) is 23.7 Å². The van der Waals surface area contributed by atoms with Gasteiger partial charge >= 0.3 is 0 Å². The lowest BCUT2D eigenvalue weighted by Crippen LogP contribution is -2.53. The van der Waals surface area contributed by atoms with Crippen molar-refractivity contribution in [2.24, 2.45) is 0 Å². The summed E-state index contributed by atoms with van der Waals surface area (Å²) in [5, 5.41) is 9.48. The Morgan fingerprint density at radius 3 is 3.00 bits per heavy atom. The maximum atomic E-state index is 13.9. The number of piperidine rings is 1. The lowest BCUT2D eigenvalue weighted by molar-refractivity contribution is -0.00860. The largest absolute Gasteiger partial charge is 0.390 e. The van der Waals surface area contributed by atoms with Gasteiger partial charge in [0.05, 0.1) is 12.6 Å². The topological polar surface area (TPSA) is 88.2 Å². The van der Waals surface area contributed by atoms with Crippen LogP contribution in [0.15, 0.2) is 6.33 Å². The summed E-state index contributed by atoms with van der Waals surface area (Å²) in [7, 11) is 0. The van der Waals surface area contributed by atoms with Gasteiger partial charge in [-0.05, 0) is 13.3 Å². The summed E-state index contributed by atoms with van der Waals surface area (Å²) in [6, 6.07) is 0. The van der Waals surface area contributed by atoms with Gasteiger partial charge in [-0.3, -0.25) is 0 Å². The normalized spacial score (nSPS) is 30.4. The van der Waals surface area contributed by atoms with Crippen LogP contribution in [-0.2, 0) is 0 Å². The summed E-state index contributed by atoms with van der Waals surface area (Å²) < 4.78 is 13.9. The van der Waals surface area contributed by atoms with E-state index in [0.717, 1.165) is 0 Å². The fourth-order valence-electron chi connectivity index (χ4n) is 1.76. The van der Waals surface area contributed by atoms with Crippen LogP contribution in [0.1, 0.15) is 13.3 Å². The van der Waals surface area contributed by atoms with Gasteiger partial charge in [0.2, 0.25) is 11.9 Å². The molecule has 0 saturated carbocycles. The number of aliphatic hydroxyl groups is 1. The third-order valence-corrected chi connectivity index (χ3v) is 2.73. The zero-order chi connectivity index (χ0) is 11.8. The first-order valence-corrected chi connectivity index (χ1v) is 5.05. The molecule has 1 aromatic heterocycles. The molecule has 1 saturated heterocycles. The van der Waals surface area contributed by atoms with E-state index >= 15 is 0 Å². The molecule has 0 aromatic carbocycles. The monoisotopic (exact) mass is 227 g/mol. The van der Waals surface area contributed by atoms with E-state index in [0.29, 0.717) is 18.9 Å². The van der Waals surface area contributed by atoms with E-state index in [9.17, 15) is 9.50 Å². The minimum absolute atomic E-state index is 0.0532. The average Bonchev–Trinajstić information content (AvgIpc) is 2.22. The average molecular weight is 227 g/mol. The molecule has 3 N–H and O–H groups in total. The van der Waals surface area contributed by atoms with Gasteiger partial charge in [0.1, 0.15) is 6.33 Å². The third kappa shape index (κ3) is 2.04. The lowest BCUT2D eigenvalue weighted by Gasteiger charge is -2.38. The minimum atomic E-state index is -1.65. The van der Waals surface area contributed by atoms with Crippen molar-refractivity contribution < 1.29 is 9.50 Å². The molecule has 7 heteroatoms. The van der Waals surface area contributed by atoms with E-state index in [2.05, 4.69) is 15.0 Å². The van der Waals surface area contributed by atoms with Gasteiger partial charge in [-0.25, -0.2) is 14.4 Å². The van der Waals surface area contributed by atoms with Crippen LogP contribution in [0.5, 0.6) is 0 Å². The van der Waals surface area contributed by atoms with E-state index in [1.54, 1.807) is 4.90 Å². The fourth-order valence-corrected chi connectivity index (χ4v) is 1.76. The molecule has 2 rings (SSSR count). The maximum absolute atomic E-state index is 13.9. The molecule has 6 nitrogen and oxygen atoms in total. The number of aromatic nitrogens is 3. The van der Waals surface area contributed by atoms with Crippen molar-refractivity contribution in [3.05, 3.63) is 6.33 Å². The number of halogens is 1. The summed E-state index contributed by atoms with van der Waals surface area (Å²) in [5.74, 6) is 0.458. The number of nitrogen functional groups attached to an aromatic ring is 1. The highest BCUT2D eigenvalue weighted by atomic mass is 19.1. The Morgan fingerprint density at radius 2 is 2.38 bits per heavy atom. The molecule has 1 fully saturated rings. The molecule has 0 spiro atoms. The quantitative estimate of drug-likeness (QED) is 0.688. The van der Waals surface area contributed by atoms with Crippen LogP contribution in [0, 0.1) is 0 Å². The minimum Gasteiger partial charge on any atom is -0.390 e. The van der Waals surface area contributed by atoms with E-state index in [4.69, 9.17) is 5.73 Å². The first-order chi connectivity index (χ1) is 7.49. The molecule has 0 aliphatic carbocycles. The van der Waals surface area contributed by atoms with E-state index in [-0.39, 0.29) is 12.5 Å². The van der Waals surface area contributed by atoms with E-state index < -0.39 is 11.8 Å². The van der Waals surface area contributed by atoms with Crippen LogP contribution in [-0.4, -0.2) is 44.9 Å². The molecule has 2 unspecified atom stereocenters. The highest BCUT2D eigenvalue weighted by Gasteiger charge is 2.39. The summed E-state index contributed by atoms with van der Waals surface area (Å²) in [6.45, 7) is 1.93. The first-order valence-electron chi connectivity index (χ1n) is 5.05. The number of anilines is 2. The summed E-state index contributed by atoms with van der Waals surface area (Å²) in [4.78, 5) is 13.2. The lowest BCUT2D eigenvalue weighted by atomic mass is 9.94. The van der Waals surface area contributed by atoms with Crippen LogP contribution in [0.4, 0.5) is 16.3 Å². The summed E-state index contributed by atoms with van der Waals surface area (Å²) in [6.07, 6.45) is 0.694. The van der Waals surface area contributed by atoms with Gasteiger partial charge in [0.25, 0.3) is 0 Å². The predicted molar refractivity (Wildman–Crippen MR) is 56.6 cm³/mol. The van der Waals surface area contributed by atoms with Crippen LogP contribution in [0.2, 0.25) is 0 Å². The van der Waals surface area contributed by atoms with E-state index in [1.165, 1.54) is 13.3 Å². The smallest absolute Gasteiger partial charge is 0.230 e. The van der Waals surface area contributed by atoms with Crippen molar-refractivity contribution in [3.8, 4) is 0 Å². The second-order valence-corrected chi connectivity index (χ2v) is 4.15. The molecule has 1 aromatic rings. The Labute approximate surface area is 92.3 Å². The van der Waals surface area contributed by atoms with Crippen LogP contribution in [0.3, 0.4) is 0 Å². The van der Waals surface area contributed by atoms with E-state index in [1.807, 2.05) is 0 Å². The van der Waals surface area contributed by atoms with Crippen molar-refractivity contribution in [1.82, 2.24) is 15.0 Å². The zero-order valence-electron chi connectivity index (χ0n) is 8.97. The molecule has 2 atom stereocenters. The molecule has 0 radical (unpaired) electrons. The molecule has 88 valence electrons. The SMILES string of the molecule is CC1(F)CN(c2ncnc(N)n2)CCC1O. The van der Waals surface area contributed by atoms with Crippen LogP contribution in [0.25, 0.3) is 0 Å². The van der Waals surface area contributed by atoms with Gasteiger partial charge in [-0.1, -0.05) is 0 Å². The molecule has 1 aliphatic heterocycles. The molecule has 16 heavy (non-hydrogen) atoms. The van der Waals surface area contributed by atoms with Gasteiger partial charge in [-0.2, -0.15) is 4.98 Å². The Kier molecular flexibility index (Phi) is 2.63. The van der Waals surface area contributed by atoms with Crippen molar-refractivity contribution in [2.45, 2.75) is 25.1 Å². The molecular weight excluding hydrogens is 213 g/mol. The van der Waals surface area contributed by atoms with Crippen molar-refractivity contribution >= 4 is 11.9 Å². The highest BCUT2D eigenvalue weighted by Crippen LogP contribution is 2.27. The van der Waals surface area contributed by atoms with Crippen molar-refractivity contribution in [1.29, 1.82) is 0 Å². The molecule has 1 aliphatic rings. The summed E-state index contributed by atoms with van der Waals surface area (Å²) >= 11 is 0. The predicted octanol–water partition coefficient (Wildman–Crippen LogP) is -0.247. The first kappa shape index (κ1) is 11.0. The Balaban J connectivity index is 2.18. The number of nitrogens with zero attached hydrogens (tertiary/aromatic N) is 4. The second-order valence-electron chi connectivity index (χ2n) is 4.15. The Morgan fingerprint density at radius 1 is 1.62 bits per heavy atom. The van der Waals surface area contributed by atoms with Gasteiger partial charge < -0.3 is 15.7 Å². The number of aliphatic hydroxyl groups excluding tert-OH is 1. The molecular formula is C9H14FN5O. The highest BCUT2D eigenvalue weighted by molar-refractivity contribution is 5.34. The number of hydrogen-bond acceptors (Lipinski definition) is 6.